The number of aromatic nitrogens is 2. The molecule has 1 aliphatic heterocycles. The van der Waals surface area contributed by atoms with Crippen molar-refractivity contribution in [3.8, 4) is 0 Å². The molecule has 1 saturated heterocycles. The van der Waals surface area contributed by atoms with Crippen molar-refractivity contribution in [1.29, 1.82) is 0 Å². The van der Waals surface area contributed by atoms with Crippen molar-refractivity contribution < 1.29 is 0 Å². The molecule has 20 heavy (non-hydrogen) atoms. The maximum atomic E-state index is 4.20. The summed E-state index contributed by atoms with van der Waals surface area (Å²) in [6, 6.07) is 6.68. The first-order chi connectivity index (χ1) is 9.81. The summed E-state index contributed by atoms with van der Waals surface area (Å²) >= 11 is 5.29. The molecular weight excluding hydrogens is 336 g/mol. The van der Waals surface area contributed by atoms with E-state index in [1.165, 1.54) is 22.2 Å². The molecule has 3 rings (SSSR count). The summed E-state index contributed by atoms with van der Waals surface area (Å²) in [4.78, 5) is 3.69. The lowest BCUT2D eigenvalue weighted by atomic mass is 10.1. The van der Waals surface area contributed by atoms with Gasteiger partial charge in [-0.3, -0.25) is 0 Å². The Hall–Kier alpha value is -0.980. The Bertz CT molecular complexity index is 545. The molecule has 0 aliphatic carbocycles. The van der Waals surface area contributed by atoms with E-state index in [0.29, 0.717) is 6.04 Å². The van der Waals surface area contributed by atoms with Gasteiger partial charge in [-0.1, -0.05) is 0 Å². The number of piperidine rings is 1. The summed E-state index contributed by atoms with van der Waals surface area (Å²) in [6.45, 7) is 3.02. The third-order valence-corrected chi connectivity index (χ3v) is 5.19. The van der Waals surface area contributed by atoms with Crippen LogP contribution in [0.4, 0.5) is 5.82 Å². The highest BCUT2D eigenvalue weighted by Crippen LogP contribution is 2.21. The van der Waals surface area contributed by atoms with Crippen LogP contribution in [-0.4, -0.2) is 29.3 Å². The van der Waals surface area contributed by atoms with Crippen molar-refractivity contribution in [2.45, 2.75) is 25.4 Å². The Morgan fingerprint density at radius 3 is 3.20 bits per heavy atom. The van der Waals surface area contributed by atoms with E-state index in [4.69, 9.17) is 0 Å². The lowest BCUT2D eigenvalue weighted by Crippen LogP contribution is -2.45. The Morgan fingerprint density at radius 1 is 1.50 bits per heavy atom. The number of nitrogens with zero attached hydrogens (tertiary/aromatic N) is 3. The number of halogens is 1. The molecule has 3 heterocycles. The Kier molecular flexibility index (Phi) is 4.65. The van der Waals surface area contributed by atoms with E-state index in [9.17, 15) is 0 Å². The van der Waals surface area contributed by atoms with Crippen LogP contribution in [0.3, 0.4) is 0 Å². The average Bonchev–Trinajstić information content (AvgIpc) is 2.92. The quantitative estimate of drug-likeness (QED) is 0.917. The number of anilines is 1. The smallest absolute Gasteiger partial charge is 0.151 e. The van der Waals surface area contributed by atoms with Crippen molar-refractivity contribution in [2.75, 3.05) is 18.0 Å². The van der Waals surface area contributed by atoms with Crippen LogP contribution < -0.4 is 10.2 Å². The van der Waals surface area contributed by atoms with Crippen LogP contribution in [0.2, 0.25) is 0 Å². The molecule has 0 aromatic carbocycles. The lowest BCUT2D eigenvalue weighted by Gasteiger charge is -2.33. The molecular formula is C14H17BrN4S. The molecule has 106 valence electrons. The van der Waals surface area contributed by atoms with Gasteiger partial charge in [-0.05, 0) is 47.0 Å². The number of nitrogens with one attached hydrogen (secondary N) is 1. The Labute approximate surface area is 131 Å². The van der Waals surface area contributed by atoms with Crippen LogP contribution in [0.5, 0.6) is 0 Å². The fourth-order valence-corrected chi connectivity index (χ4v) is 3.91. The van der Waals surface area contributed by atoms with Crippen LogP contribution in [0.25, 0.3) is 0 Å². The third kappa shape index (κ3) is 3.56. The van der Waals surface area contributed by atoms with Crippen molar-refractivity contribution in [1.82, 2.24) is 15.5 Å². The molecule has 1 atom stereocenters. The van der Waals surface area contributed by atoms with Crippen molar-refractivity contribution in [3.63, 3.8) is 0 Å². The second-order valence-corrected chi connectivity index (χ2v) is 6.89. The van der Waals surface area contributed by atoms with E-state index in [1.807, 2.05) is 12.1 Å². The molecule has 2 aromatic rings. The second kappa shape index (κ2) is 6.65. The first-order valence-electron chi connectivity index (χ1n) is 6.80. The van der Waals surface area contributed by atoms with Gasteiger partial charge in [-0.25, -0.2) is 0 Å². The largest absolute Gasteiger partial charge is 0.354 e. The molecule has 4 nitrogen and oxygen atoms in total. The van der Waals surface area contributed by atoms with Gasteiger partial charge in [0, 0.05) is 46.6 Å². The highest BCUT2D eigenvalue weighted by molar-refractivity contribution is 9.10. The van der Waals surface area contributed by atoms with Gasteiger partial charge in [0.25, 0.3) is 0 Å². The van der Waals surface area contributed by atoms with E-state index in [1.54, 1.807) is 17.5 Å². The van der Waals surface area contributed by atoms with Gasteiger partial charge in [0.05, 0.1) is 0 Å². The lowest BCUT2D eigenvalue weighted by molar-refractivity contribution is 0.421. The summed E-state index contributed by atoms with van der Waals surface area (Å²) < 4.78 is 1.17. The molecule has 0 saturated carbocycles. The summed E-state index contributed by atoms with van der Waals surface area (Å²) in [7, 11) is 0. The van der Waals surface area contributed by atoms with E-state index < -0.39 is 0 Å². The van der Waals surface area contributed by atoms with E-state index in [0.717, 1.165) is 25.5 Å². The first-order valence-corrected chi connectivity index (χ1v) is 8.47. The normalized spacial score (nSPS) is 19.2. The summed E-state index contributed by atoms with van der Waals surface area (Å²) in [5.74, 6) is 0.984. The summed E-state index contributed by atoms with van der Waals surface area (Å²) in [6.07, 6.45) is 4.14. The maximum absolute atomic E-state index is 4.20. The zero-order valence-electron chi connectivity index (χ0n) is 11.1. The summed E-state index contributed by atoms with van der Waals surface area (Å²) in [5, 5.41) is 13.9. The predicted octanol–water partition coefficient (Wildman–Crippen LogP) is 3.06. The molecule has 1 aliphatic rings. The first kappa shape index (κ1) is 14.0. The number of hydrogen-bond donors (Lipinski definition) is 1. The predicted molar refractivity (Wildman–Crippen MR) is 86.1 cm³/mol. The van der Waals surface area contributed by atoms with Crippen LogP contribution >= 0.6 is 27.3 Å². The monoisotopic (exact) mass is 352 g/mol. The number of hydrogen-bond acceptors (Lipinski definition) is 5. The molecule has 1 unspecified atom stereocenters. The molecule has 0 radical (unpaired) electrons. The van der Waals surface area contributed by atoms with E-state index >= 15 is 0 Å². The van der Waals surface area contributed by atoms with E-state index in [2.05, 4.69) is 47.8 Å². The minimum Gasteiger partial charge on any atom is -0.354 e. The molecule has 0 bridgehead atoms. The minimum absolute atomic E-state index is 0.520. The Morgan fingerprint density at radius 2 is 2.45 bits per heavy atom. The van der Waals surface area contributed by atoms with Crippen molar-refractivity contribution in [2.24, 2.45) is 0 Å². The molecule has 0 spiro atoms. The van der Waals surface area contributed by atoms with Gasteiger partial charge in [0.15, 0.2) is 5.82 Å². The fraction of sp³-hybridized carbons (Fsp3) is 0.429. The molecule has 0 amide bonds. The highest BCUT2D eigenvalue weighted by Gasteiger charge is 2.20. The van der Waals surface area contributed by atoms with Gasteiger partial charge in [0.1, 0.15) is 0 Å². The zero-order chi connectivity index (χ0) is 13.8. The Balaban J connectivity index is 1.55. The van der Waals surface area contributed by atoms with Gasteiger partial charge in [-0.15, -0.1) is 16.4 Å². The zero-order valence-corrected chi connectivity index (χ0v) is 13.5. The van der Waals surface area contributed by atoms with Crippen LogP contribution in [0.1, 0.15) is 17.7 Å². The summed E-state index contributed by atoms with van der Waals surface area (Å²) in [5.41, 5.74) is 0. The van der Waals surface area contributed by atoms with Gasteiger partial charge in [0.2, 0.25) is 0 Å². The van der Waals surface area contributed by atoms with Crippen LogP contribution in [0, 0.1) is 0 Å². The second-order valence-electron chi connectivity index (χ2n) is 4.98. The number of rotatable bonds is 4. The number of thiophene rings is 1. The maximum Gasteiger partial charge on any atom is 0.151 e. The minimum atomic E-state index is 0.520. The standard InChI is InChI=1S/C14H17BrN4S/c15-11-7-13(20-10-11)8-16-12-3-2-6-19(9-12)14-4-1-5-17-18-14/h1,4-5,7,10,12,16H,2-3,6,8-9H2. The van der Waals surface area contributed by atoms with Gasteiger partial charge >= 0.3 is 0 Å². The van der Waals surface area contributed by atoms with Crippen LogP contribution in [-0.2, 0) is 6.54 Å². The molecule has 1 fully saturated rings. The highest BCUT2D eigenvalue weighted by atomic mass is 79.9. The van der Waals surface area contributed by atoms with Crippen molar-refractivity contribution in [3.05, 3.63) is 39.1 Å². The molecule has 2 aromatic heterocycles. The fourth-order valence-electron chi connectivity index (χ4n) is 2.51. The molecule has 1 N–H and O–H groups in total. The van der Waals surface area contributed by atoms with Crippen molar-refractivity contribution >= 4 is 33.1 Å². The van der Waals surface area contributed by atoms with E-state index in [-0.39, 0.29) is 0 Å². The topological polar surface area (TPSA) is 41.0 Å². The van der Waals surface area contributed by atoms with Gasteiger partial charge < -0.3 is 10.2 Å². The van der Waals surface area contributed by atoms with Crippen LogP contribution in [0.15, 0.2) is 34.2 Å². The molecule has 6 heteroatoms. The SMILES string of the molecule is Brc1csc(CNC2CCCN(c3cccnn3)C2)c1. The average molecular weight is 353 g/mol. The third-order valence-electron chi connectivity index (χ3n) is 3.49. The van der Waals surface area contributed by atoms with Gasteiger partial charge in [-0.2, -0.15) is 5.10 Å².